The lowest BCUT2D eigenvalue weighted by Gasteiger charge is -2.17. The summed E-state index contributed by atoms with van der Waals surface area (Å²) < 4.78 is 1.90. The first-order chi connectivity index (χ1) is 8.13. The number of aryl methyl sites for hydroxylation is 1. The Morgan fingerprint density at radius 3 is 2.53 bits per heavy atom. The number of aliphatic hydroxyl groups excluding tert-OH is 3. The van der Waals surface area contributed by atoms with E-state index in [1.54, 1.807) is 6.20 Å². The van der Waals surface area contributed by atoms with Crippen LogP contribution in [0, 0.1) is 5.92 Å². The minimum atomic E-state index is -0.848. The number of nitrogens with one attached hydrogen (secondary N) is 1. The normalized spacial score (nSPS) is 29.7. The Kier molecular flexibility index (Phi) is 7.88. The van der Waals surface area contributed by atoms with Gasteiger partial charge in [-0.05, 0) is 6.42 Å². The van der Waals surface area contributed by atoms with Crippen molar-refractivity contribution in [1.29, 1.82) is 0 Å². The average Bonchev–Trinajstić information content (AvgIpc) is 2.84. The summed E-state index contributed by atoms with van der Waals surface area (Å²) in [6, 6.07) is -0.196. The molecule has 0 aliphatic heterocycles. The van der Waals surface area contributed by atoms with Crippen LogP contribution in [0.3, 0.4) is 0 Å². The van der Waals surface area contributed by atoms with Crippen molar-refractivity contribution in [1.82, 2.24) is 14.9 Å². The van der Waals surface area contributed by atoms with Crippen LogP contribution in [0.4, 0.5) is 0 Å². The molecule has 6 nitrogen and oxygen atoms in total. The predicted octanol–water partition coefficient (Wildman–Crippen LogP) is -0.544. The van der Waals surface area contributed by atoms with E-state index in [-0.39, 0.29) is 43.4 Å². The third kappa shape index (κ3) is 4.05. The van der Waals surface area contributed by atoms with Gasteiger partial charge in [0, 0.05) is 38.0 Å². The summed E-state index contributed by atoms with van der Waals surface area (Å²) >= 11 is 0. The number of imidazole rings is 1. The Morgan fingerprint density at radius 2 is 2.05 bits per heavy atom. The molecular weight excluding hydrogens is 293 g/mol. The van der Waals surface area contributed by atoms with Gasteiger partial charge in [0.1, 0.15) is 5.82 Å². The van der Waals surface area contributed by atoms with E-state index >= 15 is 0 Å². The van der Waals surface area contributed by atoms with Crippen LogP contribution in [-0.2, 0) is 13.6 Å². The lowest BCUT2D eigenvalue weighted by molar-refractivity contribution is -0.000408. The van der Waals surface area contributed by atoms with Gasteiger partial charge in [0.25, 0.3) is 0 Å². The summed E-state index contributed by atoms with van der Waals surface area (Å²) in [7, 11) is 1.90. The van der Waals surface area contributed by atoms with E-state index < -0.39 is 12.2 Å². The third-order valence-corrected chi connectivity index (χ3v) is 3.48. The van der Waals surface area contributed by atoms with Crippen molar-refractivity contribution < 1.29 is 15.3 Å². The van der Waals surface area contributed by atoms with Gasteiger partial charge in [-0.2, -0.15) is 0 Å². The molecule has 0 unspecified atom stereocenters. The smallest absolute Gasteiger partial charge is 0.122 e. The van der Waals surface area contributed by atoms with Crippen molar-refractivity contribution in [2.75, 3.05) is 6.61 Å². The van der Waals surface area contributed by atoms with Crippen LogP contribution in [0.25, 0.3) is 0 Å². The molecule has 1 heterocycles. The van der Waals surface area contributed by atoms with Gasteiger partial charge in [0.2, 0.25) is 0 Å². The minimum Gasteiger partial charge on any atom is -0.396 e. The molecule has 1 fully saturated rings. The summed E-state index contributed by atoms with van der Waals surface area (Å²) in [5, 5.41) is 31.7. The van der Waals surface area contributed by atoms with E-state index in [0.717, 1.165) is 5.82 Å². The molecule has 112 valence electrons. The number of halogens is 2. The second kappa shape index (κ2) is 8.04. The molecule has 0 aromatic carbocycles. The summed E-state index contributed by atoms with van der Waals surface area (Å²) in [5.74, 6) is 0.628. The first-order valence-corrected chi connectivity index (χ1v) is 5.80. The SMILES string of the molecule is Cl.Cl.Cn1ccnc1CN[C@@H]1C[C@H](CO)[C@@H](O)[C@H]1O. The maximum Gasteiger partial charge on any atom is 0.122 e. The molecule has 0 bridgehead atoms. The molecule has 0 spiro atoms. The molecule has 0 saturated heterocycles. The van der Waals surface area contributed by atoms with Crippen LogP contribution >= 0.6 is 24.8 Å². The lowest BCUT2D eigenvalue weighted by Crippen LogP contribution is -2.40. The Labute approximate surface area is 124 Å². The summed E-state index contributed by atoms with van der Waals surface area (Å²) in [5.41, 5.74) is 0. The number of hydrogen-bond acceptors (Lipinski definition) is 5. The molecule has 2 rings (SSSR count). The Hall–Kier alpha value is -0.370. The quantitative estimate of drug-likeness (QED) is 0.599. The third-order valence-electron chi connectivity index (χ3n) is 3.48. The maximum atomic E-state index is 9.81. The lowest BCUT2D eigenvalue weighted by atomic mass is 10.1. The molecule has 1 aliphatic rings. The van der Waals surface area contributed by atoms with Gasteiger partial charge in [-0.25, -0.2) is 4.98 Å². The molecule has 19 heavy (non-hydrogen) atoms. The Balaban J connectivity index is 0.00000162. The molecule has 1 saturated carbocycles. The first-order valence-electron chi connectivity index (χ1n) is 5.80. The van der Waals surface area contributed by atoms with Crippen molar-refractivity contribution in [2.45, 2.75) is 31.2 Å². The molecule has 8 heteroatoms. The average molecular weight is 314 g/mol. The molecule has 4 atom stereocenters. The van der Waals surface area contributed by atoms with Crippen molar-refractivity contribution in [3.63, 3.8) is 0 Å². The van der Waals surface area contributed by atoms with Gasteiger partial charge < -0.3 is 25.2 Å². The summed E-state index contributed by atoms with van der Waals surface area (Å²) in [6.45, 7) is 0.439. The Bertz CT molecular complexity index is 378. The van der Waals surface area contributed by atoms with E-state index in [4.69, 9.17) is 5.11 Å². The molecular formula is C11H21Cl2N3O3. The molecule has 1 aliphatic carbocycles. The molecule has 4 N–H and O–H groups in total. The van der Waals surface area contributed by atoms with Crippen molar-refractivity contribution in [3.8, 4) is 0 Å². The largest absolute Gasteiger partial charge is 0.396 e. The van der Waals surface area contributed by atoms with Gasteiger partial charge in [0.15, 0.2) is 0 Å². The monoisotopic (exact) mass is 313 g/mol. The van der Waals surface area contributed by atoms with E-state index in [1.165, 1.54) is 0 Å². The Morgan fingerprint density at radius 1 is 1.37 bits per heavy atom. The highest BCUT2D eigenvalue weighted by atomic mass is 35.5. The van der Waals surface area contributed by atoms with E-state index in [9.17, 15) is 10.2 Å². The van der Waals surface area contributed by atoms with Gasteiger partial charge in [-0.1, -0.05) is 0 Å². The summed E-state index contributed by atoms with van der Waals surface area (Å²) in [4.78, 5) is 4.17. The topological polar surface area (TPSA) is 90.5 Å². The number of aromatic nitrogens is 2. The van der Waals surface area contributed by atoms with Crippen molar-refractivity contribution >= 4 is 24.8 Å². The molecule has 1 aromatic heterocycles. The van der Waals surface area contributed by atoms with Crippen molar-refractivity contribution in [2.24, 2.45) is 13.0 Å². The van der Waals surface area contributed by atoms with E-state index in [0.29, 0.717) is 13.0 Å². The van der Waals surface area contributed by atoms with Gasteiger partial charge in [0.05, 0.1) is 18.8 Å². The fourth-order valence-corrected chi connectivity index (χ4v) is 2.30. The predicted molar refractivity (Wildman–Crippen MR) is 75.5 cm³/mol. The first kappa shape index (κ1) is 18.6. The highest BCUT2D eigenvalue weighted by Gasteiger charge is 2.40. The fraction of sp³-hybridized carbons (Fsp3) is 0.727. The molecule has 0 amide bonds. The second-order valence-electron chi connectivity index (χ2n) is 4.60. The van der Waals surface area contributed by atoms with Crippen LogP contribution in [0.2, 0.25) is 0 Å². The van der Waals surface area contributed by atoms with Gasteiger partial charge in [-0.3, -0.25) is 0 Å². The van der Waals surface area contributed by atoms with Gasteiger partial charge >= 0.3 is 0 Å². The zero-order valence-corrected chi connectivity index (χ0v) is 12.3. The van der Waals surface area contributed by atoms with Crippen LogP contribution in [0.1, 0.15) is 12.2 Å². The van der Waals surface area contributed by atoms with Crippen LogP contribution in [0.5, 0.6) is 0 Å². The van der Waals surface area contributed by atoms with Crippen LogP contribution in [-0.4, -0.2) is 49.7 Å². The van der Waals surface area contributed by atoms with Crippen molar-refractivity contribution in [3.05, 3.63) is 18.2 Å². The number of rotatable bonds is 4. The van der Waals surface area contributed by atoms with Crippen LogP contribution < -0.4 is 5.32 Å². The van der Waals surface area contributed by atoms with E-state index in [1.807, 2.05) is 17.8 Å². The standard InChI is InChI=1S/C11H19N3O3.2ClH/c1-14-3-2-12-9(14)5-13-8-4-7(6-15)10(16)11(8)17;;/h2-3,7-8,10-11,13,15-17H,4-6H2,1H3;2*1H/t7-,8-,10-,11+;;/m1../s1. The number of hydrogen-bond donors (Lipinski definition) is 4. The second-order valence-corrected chi connectivity index (χ2v) is 4.60. The number of aliphatic hydroxyl groups is 3. The molecule has 0 radical (unpaired) electrons. The van der Waals surface area contributed by atoms with Gasteiger partial charge in [-0.15, -0.1) is 24.8 Å². The van der Waals surface area contributed by atoms with E-state index in [2.05, 4.69) is 10.3 Å². The fourth-order valence-electron chi connectivity index (χ4n) is 2.30. The zero-order chi connectivity index (χ0) is 12.4. The summed E-state index contributed by atoms with van der Waals surface area (Å²) in [6.07, 6.45) is 2.47. The minimum absolute atomic E-state index is 0. The highest BCUT2D eigenvalue weighted by Crippen LogP contribution is 2.26. The maximum absolute atomic E-state index is 9.81. The van der Waals surface area contributed by atoms with Crippen LogP contribution in [0.15, 0.2) is 12.4 Å². The molecule has 1 aromatic rings. The number of nitrogens with zero attached hydrogens (tertiary/aromatic N) is 2. The highest BCUT2D eigenvalue weighted by molar-refractivity contribution is 5.85. The zero-order valence-electron chi connectivity index (χ0n) is 10.6.